The molecule has 118 valence electrons. The fourth-order valence-corrected chi connectivity index (χ4v) is 3.63. The van der Waals surface area contributed by atoms with Gasteiger partial charge in [-0.25, -0.2) is 4.79 Å². The number of fused-ring (bicyclic) bond motifs is 1. The molecule has 1 aliphatic rings. The molecule has 22 heavy (non-hydrogen) atoms. The predicted octanol–water partition coefficient (Wildman–Crippen LogP) is 4.17. The number of hydrogen-bond acceptors (Lipinski definition) is 1. The summed E-state index contributed by atoms with van der Waals surface area (Å²) in [4.78, 5) is 14.6. The summed E-state index contributed by atoms with van der Waals surface area (Å²) < 4.78 is 2.17. The van der Waals surface area contributed by atoms with Crippen LogP contribution in [0.1, 0.15) is 27.2 Å². The van der Waals surface area contributed by atoms with Crippen molar-refractivity contribution < 1.29 is 4.79 Å². The highest BCUT2D eigenvalue weighted by Gasteiger charge is 2.25. The molecule has 0 bridgehead atoms. The number of aryl methyl sites for hydroxylation is 1. The fraction of sp³-hybridized carbons (Fsp3) is 0.500. The van der Waals surface area contributed by atoms with Gasteiger partial charge in [-0.1, -0.05) is 32.0 Å². The van der Waals surface area contributed by atoms with Gasteiger partial charge in [-0.15, -0.1) is 0 Å². The number of hydrogen-bond donors (Lipinski definition) is 1. The predicted molar refractivity (Wildman–Crippen MR) is 91.1 cm³/mol. The first kappa shape index (κ1) is 14.9. The maximum Gasteiger partial charge on any atom is 0.321 e. The minimum absolute atomic E-state index is 0.0254. The van der Waals surface area contributed by atoms with E-state index in [0.29, 0.717) is 11.8 Å². The Balaban J connectivity index is 1.82. The number of para-hydroxylation sites is 1. The maximum atomic E-state index is 12.6. The molecule has 1 aromatic heterocycles. The van der Waals surface area contributed by atoms with Gasteiger partial charge in [-0.2, -0.15) is 0 Å². The monoisotopic (exact) mass is 299 g/mol. The number of piperidine rings is 1. The van der Waals surface area contributed by atoms with E-state index in [1.807, 2.05) is 23.2 Å². The molecule has 1 saturated heterocycles. The van der Waals surface area contributed by atoms with Crippen molar-refractivity contribution in [1.82, 2.24) is 9.47 Å². The zero-order chi connectivity index (χ0) is 15.7. The molecule has 2 amide bonds. The highest BCUT2D eigenvalue weighted by atomic mass is 16.2. The van der Waals surface area contributed by atoms with Crippen molar-refractivity contribution in [3.05, 3.63) is 30.5 Å². The topological polar surface area (TPSA) is 37.3 Å². The first-order chi connectivity index (χ1) is 10.6. The Hall–Kier alpha value is -1.97. The highest BCUT2D eigenvalue weighted by Crippen LogP contribution is 2.27. The van der Waals surface area contributed by atoms with Crippen LogP contribution in [-0.2, 0) is 6.54 Å². The number of nitrogens with zero attached hydrogens (tertiary/aromatic N) is 2. The summed E-state index contributed by atoms with van der Waals surface area (Å²) in [6, 6.07) is 8.24. The van der Waals surface area contributed by atoms with Crippen LogP contribution in [0, 0.1) is 11.8 Å². The number of likely N-dealkylation sites (tertiary alicyclic amines) is 1. The third-order valence-corrected chi connectivity index (χ3v) is 4.53. The van der Waals surface area contributed by atoms with Gasteiger partial charge < -0.3 is 14.8 Å². The molecule has 1 fully saturated rings. The number of benzene rings is 1. The number of rotatable bonds is 2. The molecule has 4 nitrogen and oxygen atoms in total. The van der Waals surface area contributed by atoms with Crippen LogP contribution in [0.3, 0.4) is 0 Å². The SMILES string of the molecule is CCn1cc(NC(=O)N2CC(C)CC(C)C2)c2ccccc21. The molecule has 0 spiro atoms. The van der Waals surface area contributed by atoms with E-state index in [-0.39, 0.29) is 6.03 Å². The minimum Gasteiger partial charge on any atom is -0.346 e. The Morgan fingerprint density at radius 1 is 1.23 bits per heavy atom. The average Bonchev–Trinajstić information content (AvgIpc) is 2.84. The van der Waals surface area contributed by atoms with Gasteiger partial charge in [0, 0.05) is 31.2 Å². The zero-order valence-electron chi connectivity index (χ0n) is 13.7. The van der Waals surface area contributed by atoms with Crippen LogP contribution < -0.4 is 5.32 Å². The Kier molecular flexibility index (Phi) is 4.10. The summed E-state index contributed by atoms with van der Waals surface area (Å²) in [5.74, 6) is 1.15. The molecule has 1 aliphatic heterocycles. The van der Waals surface area contributed by atoms with E-state index < -0.39 is 0 Å². The van der Waals surface area contributed by atoms with Crippen molar-refractivity contribution in [2.45, 2.75) is 33.7 Å². The normalized spacial score (nSPS) is 22.0. The molecule has 2 heterocycles. The van der Waals surface area contributed by atoms with Crippen LogP contribution in [0.25, 0.3) is 10.9 Å². The van der Waals surface area contributed by atoms with Gasteiger partial charge in [0.2, 0.25) is 0 Å². The molecule has 0 saturated carbocycles. The van der Waals surface area contributed by atoms with Gasteiger partial charge >= 0.3 is 6.03 Å². The molecular weight excluding hydrogens is 274 g/mol. The Bertz CT molecular complexity index is 666. The Labute approximate surface area is 132 Å². The Morgan fingerprint density at radius 2 is 1.91 bits per heavy atom. The van der Waals surface area contributed by atoms with Crippen LogP contribution in [0.4, 0.5) is 10.5 Å². The number of carbonyl (C=O) groups excluding carboxylic acids is 1. The fourth-order valence-electron chi connectivity index (χ4n) is 3.63. The highest BCUT2D eigenvalue weighted by molar-refractivity contribution is 6.01. The van der Waals surface area contributed by atoms with E-state index in [9.17, 15) is 4.79 Å². The molecule has 1 aromatic carbocycles. The molecule has 0 aliphatic carbocycles. The molecule has 4 heteroatoms. The minimum atomic E-state index is 0.0254. The first-order valence-corrected chi connectivity index (χ1v) is 8.22. The number of anilines is 1. The van der Waals surface area contributed by atoms with E-state index in [0.717, 1.165) is 30.7 Å². The summed E-state index contributed by atoms with van der Waals surface area (Å²) in [5, 5.41) is 4.22. The van der Waals surface area contributed by atoms with Crippen molar-refractivity contribution in [3.8, 4) is 0 Å². The van der Waals surface area contributed by atoms with Crippen molar-refractivity contribution in [2.24, 2.45) is 11.8 Å². The molecule has 2 atom stereocenters. The van der Waals surface area contributed by atoms with Gasteiger partial charge in [0.1, 0.15) is 0 Å². The smallest absolute Gasteiger partial charge is 0.321 e. The number of amides is 2. The molecular formula is C18H25N3O. The second kappa shape index (κ2) is 6.03. The van der Waals surface area contributed by atoms with Crippen LogP contribution in [0.5, 0.6) is 0 Å². The van der Waals surface area contributed by atoms with Crippen molar-refractivity contribution in [1.29, 1.82) is 0 Å². The van der Waals surface area contributed by atoms with Crippen LogP contribution in [0.15, 0.2) is 30.5 Å². The maximum absolute atomic E-state index is 12.6. The average molecular weight is 299 g/mol. The van der Waals surface area contributed by atoms with E-state index in [1.165, 1.54) is 11.9 Å². The van der Waals surface area contributed by atoms with Gasteiger partial charge in [0.25, 0.3) is 0 Å². The van der Waals surface area contributed by atoms with Crippen molar-refractivity contribution in [3.63, 3.8) is 0 Å². The third kappa shape index (κ3) is 2.82. The lowest BCUT2D eigenvalue weighted by Crippen LogP contribution is -2.44. The standard InChI is InChI=1S/C18H25N3O/c1-4-20-12-16(15-7-5-6-8-17(15)20)19-18(22)21-10-13(2)9-14(3)11-21/h5-8,12-14H,4,9-11H2,1-3H3,(H,19,22). The quantitative estimate of drug-likeness (QED) is 0.888. The largest absolute Gasteiger partial charge is 0.346 e. The second-order valence-corrected chi connectivity index (χ2v) is 6.63. The van der Waals surface area contributed by atoms with Crippen molar-refractivity contribution >= 4 is 22.6 Å². The van der Waals surface area contributed by atoms with E-state index in [4.69, 9.17) is 0 Å². The van der Waals surface area contributed by atoms with E-state index in [2.05, 4.69) is 42.8 Å². The molecule has 1 N–H and O–H groups in total. The Morgan fingerprint density at radius 3 is 2.59 bits per heavy atom. The van der Waals surface area contributed by atoms with Gasteiger partial charge in [-0.05, 0) is 31.2 Å². The molecule has 3 rings (SSSR count). The summed E-state index contributed by atoms with van der Waals surface area (Å²) >= 11 is 0. The van der Waals surface area contributed by atoms with Gasteiger partial charge in [0.15, 0.2) is 0 Å². The number of urea groups is 1. The molecule has 0 radical (unpaired) electrons. The van der Waals surface area contributed by atoms with Gasteiger partial charge in [0.05, 0.1) is 11.2 Å². The lowest BCUT2D eigenvalue weighted by molar-refractivity contribution is 0.156. The molecule has 2 unspecified atom stereocenters. The zero-order valence-corrected chi connectivity index (χ0v) is 13.7. The van der Waals surface area contributed by atoms with E-state index in [1.54, 1.807) is 0 Å². The summed E-state index contributed by atoms with van der Waals surface area (Å²) in [6.45, 7) is 9.16. The summed E-state index contributed by atoms with van der Waals surface area (Å²) in [5.41, 5.74) is 2.08. The summed E-state index contributed by atoms with van der Waals surface area (Å²) in [6.07, 6.45) is 3.25. The van der Waals surface area contributed by atoms with E-state index >= 15 is 0 Å². The van der Waals surface area contributed by atoms with Crippen LogP contribution >= 0.6 is 0 Å². The second-order valence-electron chi connectivity index (χ2n) is 6.63. The number of aromatic nitrogens is 1. The van der Waals surface area contributed by atoms with Gasteiger partial charge in [-0.3, -0.25) is 0 Å². The van der Waals surface area contributed by atoms with Crippen LogP contribution in [0.2, 0.25) is 0 Å². The third-order valence-electron chi connectivity index (χ3n) is 4.53. The van der Waals surface area contributed by atoms with Crippen molar-refractivity contribution in [2.75, 3.05) is 18.4 Å². The summed E-state index contributed by atoms with van der Waals surface area (Å²) in [7, 11) is 0. The van der Waals surface area contributed by atoms with Crippen LogP contribution in [-0.4, -0.2) is 28.6 Å². The number of carbonyl (C=O) groups is 1. The molecule has 2 aromatic rings. The number of nitrogens with one attached hydrogen (secondary N) is 1. The lowest BCUT2D eigenvalue weighted by Gasteiger charge is -2.34. The first-order valence-electron chi connectivity index (χ1n) is 8.22. The lowest BCUT2D eigenvalue weighted by atomic mass is 9.92.